The van der Waals surface area contributed by atoms with E-state index >= 15 is 0 Å². The number of aromatic nitrogens is 2. The highest BCUT2D eigenvalue weighted by molar-refractivity contribution is 5.94. The van der Waals surface area contributed by atoms with Crippen molar-refractivity contribution in [1.82, 2.24) is 9.78 Å². The Morgan fingerprint density at radius 3 is 2.85 bits per heavy atom. The molecule has 1 atom stereocenters. The number of methoxy groups -OCH3 is 1. The molecule has 3 aromatic rings. The summed E-state index contributed by atoms with van der Waals surface area (Å²) in [7, 11) is 1.51. The van der Waals surface area contributed by atoms with Crippen molar-refractivity contribution < 1.29 is 14.6 Å². The molecule has 1 aliphatic heterocycles. The molecule has 26 heavy (non-hydrogen) atoms. The predicted octanol–water partition coefficient (Wildman–Crippen LogP) is 3.12. The fourth-order valence-electron chi connectivity index (χ4n) is 3.35. The normalized spacial score (nSPS) is 16.0. The maximum atomic E-state index is 12.3. The summed E-state index contributed by atoms with van der Waals surface area (Å²) in [5.41, 5.74) is 2.99. The van der Waals surface area contributed by atoms with Gasteiger partial charge in [0.1, 0.15) is 5.82 Å². The molecule has 0 aliphatic carbocycles. The van der Waals surface area contributed by atoms with Crippen LogP contribution >= 0.6 is 0 Å². The molecular formula is C20H19N3O3. The van der Waals surface area contributed by atoms with Crippen molar-refractivity contribution >= 4 is 11.7 Å². The van der Waals surface area contributed by atoms with Crippen LogP contribution in [0, 0.1) is 0 Å². The Bertz CT molecular complexity index is 950. The summed E-state index contributed by atoms with van der Waals surface area (Å²) in [4.78, 5) is 12.3. The van der Waals surface area contributed by atoms with Gasteiger partial charge in [-0.25, -0.2) is 4.68 Å². The number of benzene rings is 2. The lowest BCUT2D eigenvalue weighted by molar-refractivity contribution is -0.116. The number of hydrogen-bond acceptors (Lipinski definition) is 4. The van der Waals surface area contributed by atoms with Crippen molar-refractivity contribution in [1.29, 1.82) is 0 Å². The van der Waals surface area contributed by atoms with E-state index in [0.29, 0.717) is 18.7 Å². The third-order valence-electron chi connectivity index (χ3n) is 4.67. The van der Waals surface area contributed by atoms with Crippen LogP contribution in [-0.2, 0) is 11.3 Å². The van der Waals surface area contributed by atoms with E-state index < -0.39 is 0 Å². The number of phenolic OH excluding ortho intramolecular Hbond substituents is 1. The van der Waals surface area contributed by atoms with Gasteiger partial charge in [-0.1, -0.05) is 36.4 Å². The molecule has 6 heteroatoms. The lowest BCUT2D eigenvalue weighted by Gasteiger charge is -2.24. The first-order valence-corrected chi connectivity index (χ1v) is 8.42. The zero-order valence-corrected chi connectivity index (χ0v) is 14.3. The van der Waals surface area contributed by atoms with E-state index in [1.807, 2.05) is 47.3 Å². The second-order valence-electron chi connectivity index (χ2n) is 6.33. The highest BCUT2D eigenvalue weighted by Gasteiger charge is 2.30. The summed E-state index contributed by atoms with van der Waals surface area (Å²) in [5.74, 6) is 1.02. The van der Waals surface area contributed by atoms with Gasteiger partial charge in [-0.3, -0.25) is 4.79 Å². The maximum absolute atomic E-state index is 12.3. The summed E-state index contributed by atoms with van der Waals surface area (Å²) in [5, 5.41) is 17.3. The van der Waals surface area contributed by atoms with Gasteiger partial charge in [0.05, 0.1) is 19.9 Å². The van der Waals surface area contributed by atoms with Gasteiger partial charge in [0.15, 0.2) is 11.5 Å². The highest BCUT2D eigenvalue weighted by Crippen LogP contribution is 2.39. The van der Waals surface area contributed by atoms with E-state index in [2.05, 4.69) is 10.4 Å². The second-order valence-corrected chi connectivity index (χ2v) is 6.33. The van der Waals surface area contributed by atoms with Crippen molar-refractivity contribution in [3.05, 3.63) is 71.4 Å². The van der Waals surface area contributed by atoms with Gasteiger partial charge in [-0.15, -0.1) is 0 Å². The molecule has 0 spiro atoms. The number of carbonyl (C=O) groups is 1. The molecule has 4 rings (SSSR count). The molecule has 2 aromatic carbocycles. The van der Waals surface area contributed by atoms with E-state index in [1.54, 1.807) is 12.1 Å². The zero-order chi connectivity index (χ0) is 18.1. The zero-order valence-electron chi connectivity index (χ0n) is 14.3. The number of nitrogens with one attached hydrogen (secondary N) is 1. The van der Waals surface area contributed by atoms with Crippen LogP contribution in [0.15, 0.2) is 54.7 Å². The molecule has 0 radical (unpaired) electrons. The standard InChI is InChI=1S/C20H19N3O3/c1-26-18-9-14(7-8-17(18)24)15-10-19(25)22-20-16(15)11-21-23(20)12-13-5-3-2-4-6-13/h2-9,11,15,24H,10,12H2,1H3,(H,22,25)/t15-/m0/s1. The number of anilines is 1. The van der Waals surface area contributed by atoms with Crippen LogP contribution in [0.3, 0.4) is 0 Å². The van der Waals surface area contributed by atoms with Crippen molar-refractivity contribution in [2.24, 2.45) is 0 Å². The number of aromatic hydroxyl groups is 1. The molecule has 2 heterocycles. The van der Waals surface area contributed by atoms with Crippen LogP contribution in [0.2, 0.25) is 0 Å². The van der Waals surface area contributed by atoms with Crippen molar-refractivity contribution in [2.45, 2.75) is 18.9 Å². The average molecular weight is 349 g/mol. The quantitative estimate of drug-likeness (QED) is 0.759. The predicted molar refractivity (Wildman–Crippen MR) is 97.5 cm³/mol. The Morgan fingerprint density at radius 1 is 1.27 bits per heavy atom. The Balaban J connectivity index is 1.72. The van der Waals surface area contributed by atoms with E-state index in [-0.39, 0.29) is 17.6 Å². The van der Waals surface area contributed by atoms with Crippen molar-refractivity contribution in [3.63, 3.8) is 0 Å². The number of amides is 1. The third-order valence-corrected chi connectivity index (χ3v) is 4.67. The van der Waals surface area contributed by atoms with Crippen molar-refractivity contribution in [2.75, 3.05) is 12.4 Å². The van der Waals surface area contributed by atoms with Crippen molar-refractivity contribution in [3.8, 4) is 11.5 Å². The Labute approximate surface area is 151 Å². The topological polar surface area (TPSA) is 76.4 Å². The smallest absolute Gasteiger partial charge is 0.226 e. The molecule has 0 saturated carbocycles. The monoisotopic (exact) mass is 349 g/mol. The van der Waals surface area contributed by atoms with Crippen LogP contribution in [-0.4, -0.2) is 27.9 Å². The molecule has 2 N–H and O–H groups in total. The largest absolute Gasteiger partial charge is 0.504 e. The molecule has 1 amide bonds. The summed E-state index contributed by atoms with van der Waals surface area (Å²) in [6.07, 6.45) is 2.14. The lowest BCUT2D eigenvalue weighted by Crippen LogP contribution is -2.25. The number of rotatable bonds is 4. The molecule has 1 aliphatic rings. The van der Waals surface area contributed by atoms with Gasteiger partial charge < -0.3 is 15.2 Å². The summed E-state index contributed by atoms with van der Waals surface area (Å²) >= 11 is 0. The Morgan fingerprint density at radius 2 is 2.08 bits per heavy atom. The molecule has 0 unspecified atom stereocenters. The van der Waals surface area contributed by atoms with Gasteiger partial charge in [-0.05, 0) is 23.3 Å². The van der Waals surface area contributed by atoms with Gasteiger partial charge >= 0.3 is 0 Å². The van der Waals surface area contributed by atoms with Crippen LogP contribution in [0.5, 0.6) is 11.5 Å². The number of ether oxygens (including phenoxy) is 1. The first-order chi connectivity index (χ1) is 12.7. The molecule has 0 bridgehead atoms. The van der Waals surface area contributed by atoms with Crippen LogP contribution in [0.1, 0.15) is 29.0 Å². The highest BCUT2D eigenvalue weighted by atomic mass is 16.5. The number of carbonyl (C=O) groups excluding carboxylic acids is 1. The molecule has 1 aromatic heterocycles. The SMILES string of the molecule is COc1cc([C@@H]2CC(=O)Nc3c2cnn3Cc2ccccc2)ccc1O. The molecule has 0 fully saturated rings. The molecular weight excluding hydrogens is 330 g/mol. The number of nitrogens with zero attached hydrogens (tertiary/aromatic N) is 2. The minimum absolute atomic E-state index is 0.0515. The summed E-state index contributed by atoms with van der Waals surface area (Å²) < 4.78 is 7.02. The van der Waals surface area contributed by atoms with Crippen LogP contribution < -0.4 is 10.1 Å². The second kappa shape index (κ2) is 6.55. The number of phenols is 1. The first kappa shape index (κ1) is 16.2. The van der Waals surface area contributed by atoms with E-state index in [9.17, 15) is 9.90 Å². The fraction of sp³-hybridized carbons (Fsp3) is 0.200. The number of fused-ring (bicyclic) bond motifs is 1. The molecule has 0 saturated heterocycles. The lowest BCUT2D eigenvalue weighted by atomic mass is 9.87. The van der Waals surface area contributed by atoms with Gasteiger partial charge in [-0.2, -0.15) is 5.10 Å². The van der Waals surface area contributed by atoms with Gasteiger partial charge in [0.2, 0.25) is 5.91 Å². The Hall–Kier alpha value is -3.28. The Kier molecular flexibility index (Phi) is 4.08. The van der Waals surface area contributed by atoms with Gasteiger partial charge in [0, 0.05) is 17.9 Å². The third kappa shape index (κ3) is 2.90. The average Bonchev–Trinajstić information content (AvgIpc) is 3.05. The summed E-state index contributed by atoms with van der Waals surface area (Å²) in [6, 6.07) is 15.2. The van der Waals surface area contributed by atoms with Crippen LogP contribution in [0.4, 0.5) is 5.82 Å². The molecule has 6 nitrogen and oxygen atoms in total. The van der Waals surface area contributed by atoms with Gasteiger partial charge in [0.25, 0.3) is 0 Å². The van der Waals surface area contributed by atoms with Crippen LogP contribution in [0.25, 0.3) is 0 Å². The van der Waals surface area contributed by atoms with E-state index in [1.165, 1.54) is 7.11 Å². The minimum Gasteiger partial charge on any atom is -0.504 e. The fourth-order valence-corrected chi connectivity index (χ4v) is 3.35. The molecule has 132 valence electrons. The first-order valence-electron chi connectivity index (χ1n) is 8.42. The summed E-state index contributed by atoms with van der Waals surface area (Å²) in [6.45, 7) is 0.585. The minimum atomic E-state index is -0.127. The van der Waals surface area contributed by atoms with E-state index in [0.717, 1.165) is 22.5 Å². The number of hydrogen-bond donors (Lipinski definition) is 2. The van der Waals surface area contributed by atoms with E-state index in [4.69, 9.17) is 4.74 Å². The maximum Gasteiger partial charge on any atom is 0.226 e.